The second kappa shape index (κ2) is 5.80. The first-order valence-corrected chi connectivity index (χ1v) is 5.08. The van der Waals surface area contributed by atoms with E-state index in [-0.39, 0.29) is 6.61 Å². The molecule has 1 rings (SSSR count). The molecular weight excluding hydrogens is 241 g/mol. The molecule has 0 radical (unpaired) electrons. The predicted molar refractivity (Wildman–Crippen MR) is 56.8 cm³/mol. The van der Waals surface area contributed by atoms with Crippen molar-refractivity contribution in [3.05, 3.63) is 42.0 Å². The Morgan fingerprint density at radius 3 is 2.25 bits per heavy atom. The Balaban J connectivity index is 2.55. The van der Waals surface area contributed by atoms with Gasteiger partial charge in [-0.15, -0.1) is 11.6 Å². The summed E-state index contributed by atoms with van der Waals surface area (Å²) in [5.74, 6) is 0.781. The van der Waals surface area contributed by atoms with Gasteiger partial charge in [-0.1, -0.05) is 12.2 Å². The molecule has 0 unspecified atom stereocenters. The Kier molecular flexibility index (Phi) is 4.68. The number of alkyl halides is 4. The normalized spacial score (nSPS) is 12.0. The number of hydrogen-bond donors (Lipinski definition) is 0. The Morgan fingerprint density at radius 1 is 1.12 bits per heavy atom. The van der Waals surface area contributed by atoms with Crippen molar-refractivity contribution in [1.82, 2.24) is 0 Å². The van der Waals surface area contributed by atoms with Gasteiger partial charge in [-0.25, -0.2) is 0 Å². The Labute approximate surface area is 96.5 Å². The smallest absolute Gasteiger partial charge is 0.416 e. The molecule has 0 aliphatic carbocycles. The van der Waals surface area contributed by atoms with Crippen LogP contribution < -0.4 is 4.74 Å². The van der Waals surface area contributed by atoms with Gasteiger partial charge in [-0.3, -0.25) is 0 Å². The number of ether oxygens (including phenoxy) is 1. The first kappa shape index (κ1) is 12.9. The molecule has 0 amide bonds. The van der Waals surface area contributed by atoms with Gasteiger partial charge in [0.15, 0.2) is 0 Å². The molecule has 1 nitrogen and oxygen atoms in total. The highest BCUT2D eigenvalue weighted by Gasteiger charge is 2.29. The summed E-state index contributed by atoms with van der Waals surface area (Å²) in [6.45, 7) is 0.290. The van der Waals surface area contributed by atoms with Crippen molar-refractivity contribution in [3.63, 3.8) is 0 Å². The lowest BCUT2D eigenvalue weighted by atomic mass is 10.2. The van der Waals surface area contributed by atoms with Crippen molar-refractivity contribution in [2.24, 2.45) is 0 Å². The monoisotopic (exact) mass is 250 g/mol. The van der Waals surface area contributed by atoms with Crippen molar-refractivity contribution in [2.75, 3.05) is 12.5 Å². The van der Waals surface area contributed by atoms with Crippen molar-refractivity contribution >= 4 is 11.6 Å². The maximum Gasteiger partial charge on any atom is 0.416 e. The van der Waals surface area contributed by atoms with Crippen LogP contribution in [0.5, 0.6) is 5.75 Å². The minimum Gasteiger partial charge on any atom is -0.490 e. The number of rotatable bonds is 4. The molecule has 0 aromatic heterocycles. The summed E-state index contributed by atoms with van der Waals surface area (Å²) in [6, 6.07) is 4.55. The lowest BCUT2D eigenvalue weighted by Gasteiger charge is -2.07. The van der Waals surface area contributed by atoms with Gasteiger partial charge in [0.2, 0.25) is 0 Å². The zero-order valence-corrected chi connectivity index (χ0v) is 9.05. The molecule has 0 bridgehead atoms. The van der Waals surface area contributed by atoms with E-state index in [4.69, 9.17) is 16.3 Å². The average molecular weight is 251 g/mol. The van der Waals surface area contributed by atoms with Gasteiger partial charge in [-0.2, -0.15) is 13.2 Å². The van der Waals surface area contributed by atoms with Gasteiger partial charge in [0.25, 0.3) is 0 Å². The third kappa shape index (κ3) is 4.14. The number of benzene rings is 1. The van der Waals surface area contributed by atoms with E-state index in [0.29, 0.717) is 11.6 Å². The molecule has 1 aromatic rings. The van der Waals surface area contributed by atoms with Gasteiger partial charge < -0.3 is 4.74 Å². The first-order chi connectivity index (χ1) is 7.54. The van der Waals surface area contributed by atoms with Gasteiger partial charge in [0.1, 0.15) is 12.4 Å². The van der Waals surface area contributed by atoms with Crippen molar-refractivity contribution in [1.29, 1.82) is 0 Å². The standard InChI is InChI=1S/C11H10ClF3O/c12-7-1-2-8-16-10-5-3-9(4-6-10)11(13,14)15/h1-6H,7-8H2. The third-order valence-corrected chi connectivity index (χ3v) is 1.96. The van der Waals surface area contributed by atoms with Crippen LogP contribution in [0.3, 0.4) is 0 Å². The molecule has 0 N–H and O–H groups in total. The molecule has 16 heavy (non-hydrogen) atoms. The molecule has 0 saturated carbocycles. The van der Waals surface area contributed by atoms with E-state index in [0.717, 1.165) is 12.1 Å². The minimum atomic E-state index is -4.31. The van der Waals surface area contributed by atoms with Gasteiger partial charge in [0.05, 0.1) is 5.56 Å². The Bertz CT molecular complexity index is 343. The highest BCUT2D eigenvalue weighted by molar-refractivity contribution is 6.18. The molecule has 0 heterocycles. The van der Waals surface area contributed by atoms with Crippen LogP contribution in [0.2, 0.25) is 0 Å². The molecule has 0 fully saturated rings. The van der Waals surface area contributed by atoms with E-state index in [1.54, 1.807) is 12.2 Å². The zero-order chi connectivity index (χ0) is 12.0. The largest absolute Gasteiger partial charge is 0.490 e. The summed E-state index contributed by atoms with van der Waals surface area (Å²) in [5, 5.41) is 0. The number of halogens is 4. The lowest BCUT2D eigenvalue weighted by Crippen LogP contribution is -2.04. The second-order valence-corrected chi connectivity index (χ2v) is 3.27. The van der Waals surface area contributed by atoms with Crippen LogP contribution in [0, 0.1) is 0 Å². The lowest BCUT2D eigenvalue weighted by molar-refractivity contribution is -0.137. The number of allylic oxidation sites excluding steroid dienone is 1. The predicted octanol–water partition coefficient (Wildman–Crippen LogP) is 3.88. The summed E-state index contributed by atoms with van der Waals surface area (Å²) in [6.07, 6.45) is -0.909. The molecule has 0 aliphatic rings. The maximum absolute atomic E-state index is 12.2. The van der Waals surface area contributed by atoms with E-state index in [9.17, 15) is 13.2 Å². The van der Waals surface area contributed by atoms with Gasteiger partial charge in [-0.05, 0) is 24.3 Å². The molecule has 0 aliphatic heterocycles. The molecular formula is C11H10ClF3O. The summed E-state index contributed by atoms with van der Waals surface area (Å²) in [4.78, 5) is 0. The molecule has 0 atom stereocenters. The van der Waals surface area contributed by atoms with E-state index in [1.807, 2.05) is 0 Å². The van der Waals surface area contributed by atoms with E-state index >= 15 is 0 Å². The van der Waals surface area contributed by atoms with Crippen molar-refractivity contribution in [2.45, 2.75) is 6.18 Å². The van der Waals surface area contributed by atoms with Crippen LogP contribution in [-0.2, 0) is 6.18 Å². The summed E-state index contributed by atoms with van der Waals surface area (Å²) in [5.41, 5.74) is -0.684. The first-order valence-electron chi connectivity index (χ1n) is 4.55. The highest BCUT2D eigenvalue weighted by Crippen LogP contribution is 2.30. The molecule has 0 saturated heterocycles. The topological polar surface area (TPSA) is 9.23 Å². The fourth-order valence-electron chi connectivity index (χ4n) is 1.02. The summed E-state index contributed by atoms with van der Waals surface area (Å²) >= 11 is 5.39. The van der Waals surface area contributed by atoms with E-state index in [1.165, 1.54) is 12.1 Å². The summed E-state index contributed by atoms with van der Waals surface area (Å²) in [7, 11) is 0. The van der Waals surface area contributed by atoms with Crippen LogP contribution in [-0.4, -0.2) is 12.5 Å². The van der Waals surface area contributed by atoms with Crippen LogP contribution in [0.4, 0.5) is 13.2 Å². The SMILES string of the molecule is FC(F)(F)c1ccc(OCC=CCCl)cc1. The highest BCUT2D eigenvalue weighted by atomic mass is 35.5. The minimum absolute atomic E-state index is 0.290. The van der Waals surface area contributed by atoms with E-state index < -0.39 is 11.7 Å². The molecule has 1 aromatic carbocycles. The Morgan fingerprint density at radius 2 is 1.75 bits per heavy atom. The summed E-state index contributed by atoms with van der Waals surface area (Å²) < 4.78 is 41.8. The molecule has 88 valence electrons. The molecule has 5 heteroatoms. The third-order valence-electron chi connectivity index (χ3n) is 1.78. The van der Waals surface area contributed by atoms with Crippen LogP contribution in [0.25, 0.3) is 0 Å². The number of hydrogen-bond acceptors (Lipinski definition) is 1. The quantitative estimate of drug-likeness (QED) is 0.582. The van der Waals surface area contributed by atoms with Crippen molar-refractivity contribution in [3.8, 4) is 5.75 Å². The second-order valence-electron chi connectivity index (χ2n) is 2.96. The fourth-order valence-corrected chi connectivity index (χ4v) is 1.14. The molecule has 0 spiro atoms. The van der Waals surface area contributed by atoms with Crippen LogP contribution in [0.15, 0.2) is 36.4 Å². The van der Waals surface area contributed by atoms with Crippen molar-refractivity contribution < 1.29 is 17.9 Å². The van der Waals surface area contributed by atoms with Gasteiger partial charge >= 0.3 is 6.18 Å². The van der Waals surface area contributed by atoms with E-state index in [2.05, 4.69) is 0 Å². The van der Waals surface area contributed by atoms with Gasteiger partial charge in [0, 0.05) is 5.88 Å². The fraction of sp³-hybridized carbons (Fsp3) is 0.273. The van der Waals surface area contributed by atoms with Crippen LogP contribution >= 0.6 is 11.6 Å². The Hall–Kier alpha value is -1.16. The zero-order valence-electron chi connectivity index (χ0n) is 8.30. The average Bonchev–Trinajstić information content (AvgIpc) is 2.24. The van der Waals surface area contributed by atoms with Crippen LogP contribution in [0.1, 0.15) is 5.56 Å². The maximum atomic E-state index is 12.2.